The number of halogens is 4. The molecule has 0 radical (unpaired) electrons. The van der Waals surface area contributed by atoms with Gasteiger partial charge in [0.25, 0.3) is 0 Å². The summed E-state index contributed by atoms with van der Waals surface area (Å²) in [6.07, 6.45) is -4.42. The number of alkyl halides is 3. The minimum Gasteiger partial charge on any atom is -0.481 e. The molecular formula is C9H7BrF3NO2. The van der Waals surface area contributed by atoms with Gasteiger partial charge in [-0.15, -0.1) is 0 Å². The Morgan fingerprint density at radius 2 is 2.12 bits per heavy atom. The molecule has 7 heteroatoms. The lowest BCUT2D eigenvalue weighted by molar-refractivity contribution is -0.164. The molecule has 0 saturated carbocycles. The van der Waals surface area contributed by atoms with Crippen molar-refractivity contribution < 1.29 is 23.1 Å². The van der Waals surface area contributed by atoms with E-state index in [0.717, 1.165) is 6.07 Å². The number of carboxylic acids is 1. The first-order valence-corrected chi connectivity index (χ1v) is 5.00. The Hall–Kier alpha value is -1.11. The summed E-state index contributed by atoms with van der Waals surface area (Å²) in [7, 11) is 0. The van der Waals surface area contributed by atoms with Gasteiger partial charge in [0, 0.05) is 10.7 Å². The fourth-order valence-corrected chi connectivity index (χ4v) is 1.39. The molecule has 0 aliphatic heterocycles. The summed E-state index contributed by atoms with van der Waals surface area (Å²) in [4.78, 5) is 13.9. The van der Waals surface area contributed by atoms with Gasteiger partial charge in [-0.25, -0.2) is 0 Å². The molecule has 1 aromatic rings. The zero-order chi connectivity index (χ0) is 12.3. The minimum absolute atomic E-state index is 0.293. The lowest BCUT2D eigenvalue weighted by atomic mass is 10.0. The minimum atomic E-state index is -4.61. The van der Waals surface area contributed by atoms with Crippen molar-refractivity contribution in [1.82, 2.24) is 4.98 Å². The van der Waals surface area contributed by atoms with E-state index >= 15 is 0 Å². The van der Waals surface area contributed by atoms with Gasteiger partial charge in [0.2, 0.25) is 0 Å². The quantitative estimate of drug-likeness (QED) is 0.933. The molecule has 0 saturated heterocycles. The Labute approximate surface area is 97.4 Å². The highest BCUT2D eigenvalue weighted by molar-refractivity contribution is 9.10. The second-order valence-electron chi connectivity index (χ2n) is 3.09. The summed E-state index contributed by atoms with van der Waals surface area (Å²) in [5.74, 6) is -3.58. The van der Waals surface area contributed by atoms with Gasteiger partial charge < -0.3 is 5.11 Å². The van der Waals surface area contributed by atoms with Crippen LogP contribution >= 0.6 is 15.9 Å². The summed E-state index contributed by atoms with van der Waals surface area (Å²) in [6.45, 7) is 0. The number of hydrogen-bond acceptors (Lipinski definition) is 2. The van der Waals surface area contributed by atoms with Crippen LogP contribution in [-0.2, 0) is 4.79 Å². The van der Waals surface area contributed by atoms with Gasteiger partial charge >= 0.3 is 12.1 Å². The van der Waals surface area contributed by atoms with E-state index in [9.17, 15) is 18.0 Å². The summed E-state index contributed by atoms with van der Waals surface area (Å²) < 4.78 is 38.2. The number of carbonyl (C=O) groups is 1. The third kappa shape index (κ3) is 3.48. The van der Waals surface area contributed by atoms with E-state index in [1.54, 1.807) is 0 Å². The standard InChI is InChI=1S/C9H7BrF3NO2/c10-5-1-2-7(14-4-5)6(3-8(15)16)9(11,12)13/h1-2,4,6H,3H2,(H,15,16). The summed E-state index contributed by atoms with van der Waals surface area (Å²) in [5.41, 5.74) is -0.293. The van der Waals surface area contributed by atoms with E-state index in [2.05, 4.69) is 20.9 Å². The van der Waals surface area contributed by atoms with Gasteiger partial charge in [-0.05, 0) is 28.1 Å². The van der Waals surface area contributed by atoms with Crippen molar-refractivity contribution in [3.8, 4) is 0 Å². The molecule has 16 heavy (non-hydrogen) atoms. The first-order chi connectivity index (χ1) is 7.30. The smallest absolute Gasteiger partial charge is 0.397 e. The molecule has 0 aliphatic rings. The molecule has 0 aliphatic carbocycles. The van der Waals surface area contributed by atoms with Gasteiger partial charge in [-0.3, -0.25) is 9.78 Å². The molecule has 0 spiro atoms. The third-order valence-electron chi connectivity index (χ3n) is 1.88. The van der Waals surface area contributed by atoms with E-state index < -0.39 is 24.5 Å². The number of nitrogens with zero attached hydrogens (tertiary/aromatic N) is 1. The molecule has 0 bridgehead atoms. The fraction of sp³-hybridized carbons (Fsp3) is 0.333. The molecule has 1 aromatic heterocycles. The lowest BCUT2D eigenvalue weighted by Crippen LogP contribution is -2.24. The number of pyridine rings is 1. The van der Waals surface area contributed by atoms with Crippen LogP contribution in [-0.4, -0.2) is 22.2 Å². The predicted octanol–water partition coefficient (Wildman–Crippen LogP) is 2.96. The Morgan fingerprint density at radius 3 is 2.50 bits per heavy atom. The maximum Gasteiger partial charge on any atom is 0.397 e. The van der Waals surface area contributed by atoms with Crippen molar-refractivity contribution in [1.29, 1.82) is 0 Å². The molecule has 3 nitrogen and oxygen atoms in total. The monoisotopic (exact) mass is 297 g/mol. The topological polar surface area (TPSA) is 50.2 Å². The first kappa shape index (κ1) is 13.0. The van der Waals surface area contributed by atoms with E-state index in [4.69, 9.17) is 5.11 Å². The molecular weight excluding hydrogens is 291 g/mol. The second kappa shape index (κ2) is 4.82. The Morgan fingerprint density at radius 1 is 1.50 bits per heavy atom. The van der Waals surface area contributed by atoms with Crippen molar-refractivity contribution in [2.45, 2.75) is 18.5 Å². The highest BCUT2D eigenvalue weighted by Crippen LogP contribution is 2.36. The molecule has 0 fully saturated rings. The van der Waals surface area contributed by atoms with E-state index in [1.165, 1.54) is 12.3 Å². The molecule has 1 heterocycles. The molecule has 0 amide bonds. The second-order valence-corrected chi connectivity index (χ2v) is 4.01. The zero-order valence-corrected chi connectivity index (χ0v) is 9.42. The van der Waals surface area contributed by atoms with E-state index in [1.807, 2.05) is 0 Å². The maximum atomic E-state index is 12.6. The first-order valence-electron chi connectivity index (χ1n) is 4.20. The van der Waals surface area contributed by atoms with Crippen LogP contribution in [0.1, 0.15) is 18.0 Å². The highest BCUT2D eigenvalue weighted by Gasteiger charge is 2.42. The number of rotatable bonds is 3. The predicted molar refractivity (Wildman–Crippen MR) is 53.0 cm³/mol. The number of aromatic nitrogens is 1. The number of carboxylic acid groups (broad SMARTS) is 1. The largest absolute Gasteiger partial charge is 0.481 e. The van der Waals surface area contributed by atoms with Crippen LogP contribution in [0.3, 0.4) is 0 Å². The Kier molecular flexibility index (Phi) is 3.90. The Balaban J connectivity index is 3.01. The lowest BCUT2D eigenvalue weighted by Gasteiger charge is -2.17. The van der Waals surface area contributed by atoms with E-state index in [0.29, 0.717) is 4.47 Å². The summed E-state index contributed by atoms with van der Waals surface area (Å²) in [6, 6.07) is 2.55. The fourth-order valence-electron chi connectivity index (χ4n) is 1.16. The maximum absolute atomic E-state index is 12.6. The third-order valence-corrected chi connectivity index (χ3v) is 2.35. The van der Waals surface area contributed by atoms with Gasteiger partial charge in [0.15, 0.2) is 0 Å². The van der Waals surface area contributed by atoms with Crippen LogP contribution < -0.4 is 0 Å². The molecule has 0 aromatic carbocycles. The Bertz CT molecular complexity index is 377. The van der Waals surface area contributed by atoms with Crippen molar-refractivity contribution in [3.63, 3.8) is 0 Å². The van der Waals surface area contributed by atoms with Gasteiger partial charge in [-0.1, -0.05) is 0 Å². The van der Waals surface area contributed by atoms with Crippen LogP contribution in [0.4, 0.5) is 13.2 Å². The number of aliphatic carboxylic acids is 1. The van der Waals surface area contributed by atoms with Crippen molar-refractivity contribution in [2.24, 2.45) is 0 Å². The molecule has 88 valence electrons. The molecule has 1 atom stereocenters. The SMILES string of the molecule is O=C(O)CC(c1ccc(Br)cn1)C(F)(F)F. The molecule has 1 N–H and O–H groups in total. The van der Waals surface area contributed by atoms with Crippen LogP contribution in [0, 0.1) is 0 Å². The van der Waals surface area contributed by atoms with Crippen molar-refractivity contribution >= 4 is 21.9 Å². The van der Waals surface area contributed by atoms with Gasteiger partial charge in [-0.2, -0.15) is 13.2 Å². The zero-order valence-electron chi connectivity index (χ0n) is 7.83. The highest BCUT2D eigenvalue weighted by atomic mass is 79.9. The van der Waals surface area contributed by atoms with E-state index in [-0.39, 0.29) is 5.69 Å². The molecule has 1 rings (SSSR count). The van der Waals surface area contributed by atoms with Crippen LogP contribution in [0.5, 0.6) is 0 Å². The normalized spacial score (nSPS) is 13.5. The van der Waals surface area contributed by atoms with Crippen LogP contribution in [0.15, 0.2) is 22.8 Å². The molecule has 1 unspecified atom stereocenters. The van der Waals surface area contributed by atoms with Gasteiger partial charge in [0.1, 0.15) is 5.92 Å². The van der Waals surface area contributed by atoms with Crippen LogP contribution in [0.2, 0.25) is 0 Å². The average Bonchev–Trinajstić information content (AvgIpc) is 2.14. The number of hydrogen-bond donors (Lipinski definition) is 1. The van der Waals surface area contributed by atoms with Gasteiger partial charge in [0.05, 0.1) is 12.1 Å². The van der Waals surface area contributed by atoms with Crippen molar-refractivity contribution in [2.75, 3.05) is 0 Å². The van der Waals surface area contributed by atoms with Crippen molar-refractivity contribution in [3.05, 3.63) is 28.5 Å². The van der Waals surface area contributed by atoms with Crippen LogP contribution in [0.25, 0.3) is 0 Å². The average molecular weight is 298 g/mol. The summed E-state index contributed by atoms with van der Waals surface area (Å²) >= 11 is 3.04. The summed E-state index contributed by atoms with van der Waals surface area (Å²) in [5, 5.41) is 8.43.